The normalized spacial score (nSPS) is 13.0. The average Bonchev–Trinajstić information content (AvgIpc) is 2.44. The fourth-order valence-corrected chi connectivity index (χ4v) is 3.24. The molecule has 0 aliphatic carbocycles. The molecule has 1 atom stereocenters. The standard InChI is InChI=1S/C15H17ClN2O2S/c1-10-14(16)7-4-8-15(10)18-21(19,20)13-6-3-5-12(9-13)11(2)17/h3-9,11,18H,17H2,1-2H3. The van der Waals surface area contributed by atoms with Crippen molar-refractivity contribution in [1.82, 2.24) is 0 Å². The molecule has 0 saturated heterocycles. The van der Waals surface area contributed by atoms with E-state index < -0.39 is 10.0 Å². The highest BCUT2D eigenvalue weighted by Crippen LogP contribution is 2.26. The van der Waals surface area contributed by atoms with Crippen LogP contribution in [0.5, 0.6) is 0 Å². The molecule has 2 rings (SSSR count). The fourth-order valence-electron chi connectivity index (χ4n) is 1.89. The zero-order valence-corrected chi connectivity index (χ0v) is 13.4. The van der Waals surface area contributed by atoms with Crippen LogP contribution in [-0.2, 0) is 10.0 Å². The summed E-state index contributed by atoms with van der Waals surface area (Å²) in [6, 6.07) is 11.5. The molecule has 21 heavy (non-hydrogen) atoms. The van der Waals surface area contributed by atoms with Gasteiger partial charge in [-0.1, -0.05) is 29.8 Å². The van der Waals surface area contributed by atoms with Crippen molar-refractivity contribution in [2.45, 2.75) is 24.8 Å². The van der Waals surface area contributed by atoms with E-state index in [4.69, 9.17) is 17.3 Å². The van der Waals surface area contributed by atoms with E-state index >= 15 is 0 Å². The van der Waals surface area contributed by atoms with Gasteiger partial charge in [-0.25, -0.2) is 8.42 Å². The Balaban J connectivity index is 2.39. The van der Waals surface area contributed by atoms with Crippen molar-refractivity contribution in [3.05, 3.63) is 58.6 Å². The van der Waals surface area contributed by atoms with Crippen molar-refractivity contribution in [2.24, 2.45) is 5.73 Å². The summed E-state index contributed by atoms with van der Waals surface area (Å²) in [6.45, 7) is 3.57. The Morgan fingerprint density at radius 2 is 1.86 bits per heavy atom. The van der Waals surface area contributed by atoms with Gasteiger partial charge in [-0.05, 0) is 49.2 Å². The highest BCUT2D eigenvalue weighted by atomic mass is 35.5. The summed E-state index contributed by atoms with van der Waals surface area (Å²) in [4.78, 5) is 0.177. The van der Waals surface area contributed by atoms with Crippen LogP contribution in [0, 0.1) is 6.92 Å². The molecule has 0 spiro atoms. The van der Waals surface area contributed by atoms with Crippen molar-refractivity contribution >= 4 is 27.3 Å². The summed E-state index contributed by atoms with van der Waals surface area (Å²) in [6.07, 6.45) is 0. The molecule has 0 fully saturated rings. The van der Waals surface area contributed by atoms with E-state index in [1.807, 2.05) is 0 Å². The Hall–Kier alpha value is -1.56. The Kier molecular flexibility index (Phi) is 4.56. The van der Waals surface area contributed by atoms with Crippen LogP contribution in [0.2, 0.25) is 5.02 Å². The number of benzene rings is 2. The monoisotopic (exact) mass is 324 g/mol. The molecule has 1 unspecified atom stereocenters. The smallest absolute Gasteiger partial charge is 0.261 e. The lowest BCUT2D eigenvalue weighted by Crippen LogP contribution is -2.15. The quantitative estimate of drug-likeness (QED) is 0.904. The highest BCUT2D eigenvalue weighted by molar-refractivity contribution is 7.92. The van der Waals surface area contributed by atoms with E-state index in [0.29, 0.717) is 16.3 Å². The first-order valence-electron chi connectivity index (χ1n) is 6.45. The molecule has 112 valence electrons. The van der Waals surface area contributed by atoms with Crippen LogP contribution in [0.4, 0.5) is 5.69 Å². The van der Waals surface area contributed by atoms with Crippen molar-refractivity contribution in [3.63, 3.8) is 0 Å². The summed E-state index contributed by atoms with van der Waals surface area (Å²) < 4.78 is 27.4. The van der Waals surface area contributed by atoms with Crippen LogP contribution in [0.25, 0.3) is 0 Å². The predicted molar refractivity (Wildman–Crippen MR) is 86.0 cm³/mol. The van der Waals surface area contributed by atoms with Crippen molar-refractivity contribution in [1.29, 1.82) is 0 Å². The second kappa shape index (κ2) is 6.05. The molecule has 0 bridgehead atoms. The summed E-state index contributed by atoms with van der Waals surface area (Å²) in [5.41, 5.74) is 7.71. The van der Waals surface area contributed by atoms with Crippen LogP contribution >= 0.6 is 11.6 Å². The van der Waals surface area contributed by atoms with E-state index in [9.17, 15) is 8.42 Å². The van der Waals surface area contributed by atoms with Crippen molar-refractivity contribution < 1.29 is 8.42 Å². The Bertz CT molecular complexity index is 758. The Labute approximate surface area is 130 Å². The Morgan fingerprint density at radius 1 is 1.19 bits per heavy atom. The number of nitrogens with two attached hydrogens (primary N) is 1. The molecule has 0 aliphatic rings. The van der Waals surface area contributed by atoms with Gasteiger partial charge in [-0.3, -0.25) is 4.72 Å². The molecule has 3 N–H and O–H groups in total. The summed E-state index contributed by atoms with van der Waals surface area (Å²) in [7, 11) is -3.67. The molecule has 2 aromatic carbocycles. The minimum absolute atomic E-state index is 0.177. The summed E-state index contributed by atoms with van der Waals surface area (Å²) in [5, 5.41) is 0.513. The van der Waals surface area contributed by atoms with Gasteiger partial charge in [0, 0.05) is 11.1 Å². The van der Waals surface area contributed by atoms with Crippen molar-refractivity contribution in [3.8, 4) is 0 Å². The first-order valence-corrected chi connectivity index (χ1v) is 8.31. The number of halogens is 1. The van der Waals surface area contributed by atoms with E-state index in [1.54, 1.807) is 50.2 Å². The van der Waals surface area contributed by atoms with E-state index in [0.717, 1.165) is 5.56 Å². The first-order chi connectivity index (χ1) is 9.81. The number of rotatable bonds is 4. The molecule has 6 heteroatoms. The lowest BCUT2D eigenvalue weighted by Gasteiger charge is -2.13. The minimum Gasteiger partial charge on any atom is -0.324 e. The average molecular weight is 325 g/mol. The fraction of sp³-hybridized carbons (Fsp3) is 0.200. The van der Waals surface area contributed by atoms with Crippen LogP contribution in [0.3, 0.4) is 0 Å². The third-order valence-corrected chi connectivity index (χ3v) is 4.98. The highest BCUT2D eigenvalue weighted by Gasteiger charge is 2.16. The maximum Gasteiger partial charge on any atom is 0.261 e. The lowest BCUT2D eigenvalue weighted by molar-refractivity contribution is 0.601. The Morgan fingerprint density at radius 3 is 2.52 bits per heavy atom. The van der Waals surface area contributed by atoms with Gasteiger partial charge in [0.25, 0.3) is 10.0 Å². The van der Waals surface area contributed by atoms with Gasteiger partial charge in [0.1, 0.15) is 0 Å². The largest absolute Gasteiger partial charge is 0.324 e. The number of hydrogen-bond donors (Lipinski definition) is 2. The van der Waals surface area contributed by atoms with Gasteiger partial charge >= 0.3 is 0 Å². The summed E-state index contributed by atoms with van der Waals surface area (Å²) >= 11 is 6.00. The lowest BCUT2D eigenvalue weighted by atomic mass is 10.1. The molecule has 0 saturated carbocycles. The van der Waals surface area contributed by atoms with Crippen molar-refractivity contribution in [2.75, 3.05) is 4.72 Å². The maximum atomic E-state index is 12.4. The molecule has 0 amide bonds. The third kappa shape index (κ3) is 3.56. The molecule has 0 radical (unpaired) electrons. The molecular weight excluding hydrogens is 308 g/mol. The second-order valence-corrected chi connectivity index (χ2v) is 6.97. The van der Waals surface area contributed by atoms with Crippen LogP contribution in [0.15, 0.2) is 47.4 Å². The zero-order chi connectivity index (χ0) is 15.6. The summed E-state index contributed by atoms with van der Waals surface area (Å²) in [5.74, 6) is 0. The SMILES string of the molecule is Cc1c(Cl)cccc1NS(=O)(=O)c1cccc(C(C)N)c1. The van der Waals surface area contributed by atoms with E-state index in [-0.39, 0.29) is 10.9 Å². The third-order valence-electron chi connectivity index (χ3n) is 3.21. The molecular formula is C15H17ClN2O2S. The first kappa shape index (κ1) is 15.8. The number of hydrogen-bond acceptors (Lipinski definition) is 3. The van der Waals surface area contributed by atoms with E-state index in [2.05, 4.69) is 4.72 Å². The minimum atomic E-state index is -3.67. The van der Waals surface area contributed by atoms with Gasteiger partial charge in [-0.15, -0.1) is 0 Å². The van der Waals surface area contributed by atoms with Crippen LogP contribution < -0.4 is 10.5 Å². The molecule has 0 aromatic heterocycles. The molecule has 0 heterocycles. The molecule has 0 aliphatic heterocycles. The number of nitrogens with one attached hydrogen (secondary N) is 1. The number of sulfonamides is 1. The van der Waals surface area contributed by atoms with Gasteiger partial charge in [0.15, 0.2) is 0 Å². The van der Waals surface area contributed by atoms with Gasteiger partial charge < -0.3 is 5.73 Å². The van der Waals surface area contributed by atoms with Crippen LogP contribution in [-0.4, -0.2) is 8.42 Å². The zero-order valence-electron chi connectivity index (χ0n) is 11.8. The maximum absolute atomic E-state index is 12.4. The van der Waals surface area contributed by atoms with Gasteiger partial charge in [0.2, 0.25) is 0 Å². The van der Waals surface area contributed by atoms with Crippen LogP contribution in [0.1, 0.15) is 24.1 Å². The van der Waals surface area contributed by atoms with E-state index in [1.165, 1.54) is 6.07 Å². The molecule has 4 nitrogen and oxygen atoms in total. The van der Waals surface area contributed by atoms with Gasteiger partial charge in [0.05, 0.1) is 10.6 Å². The molecule has 2 aromatic rings. The second-order valence-electron chi connectivity index (χ2n) is 4.88. The topological polar surface area (TPSA) is 72.2 Å². The predicted octanol–water partition coefficient (Wildman–Crippen LogP) is 3.47. The van der Waals surface area contributed by atoms with Gasteiger partial charge in [-0.2, -0.15) is 0 Å². The number of anilines is 1.